The van der Waals surface area contributed by atoms with E-state index in [1.54, 1.807) is 0 Å². The van der Waals surface area contributed by atoms with Crippen molar-refractivity contribution in [2.45, 2.75) is 65.6 Å². The van der Waals surface area contributed by atoms with Gasteiger partial charge in [-0.15, -0.1) is 0 Å². The topological polar surface area (TPSA) is 9.72 Å². The van der Waals surface area contributed by atoms with E-state index in [1.165, 1.54) is 52.1 Å². The molecule has 2 heterocycles. The Morgan fingerprint density at radius 1 is 0.600 bits per heavy atom. The van der Waals surface area contributed by atoms with E-state index in [0.717, 1.165) is 18.0 Å². The van der Waals surface area contributed by atoms with Crippen LogP contribution in [-0.2, 0) is 0 Å². The molecule has 0 aromatic rings. The van der Waals surface area contributed by atoms with Gasteiger partial charge in [0.1, 0.15) is 0 Å². The van der Waals surface area contributed by atoms with E-state index in [1.807, 2.05) is 0 Å². The van der Waals surface area contributed by atoms with Crippen molar-refractivity contribution >= 4 is 0 Å². The van der Waals surface area contributed by atoms with Gasteiger partial charge < -0.3 is 4.90 Å². The fraction of sp³-hybridized carbons (Fsp3) is 1.00. The maximum atomic E-state index is 2.74. The Morgan fingerprint density at radius 2 is 1.00 bits per heavy atom. The molecule has 2 aliphatic heterocycles. The summed E-state index contributed by atoms with van der Waals surface area (Å²) in [6.07, 6.45) is 2.79. The first-order valence-corrected chi connectivity index (χ1v) is 8.71. The van der Waals surface area contributed by atoms with E-state index in [0.29, 0.717) is 6.04 Å². The highest BCUT2D eigenvalue weighted by Gasteiger charge is 2.30. The van der Waals surface area contributed by atoms with Crippen LogP contribution < -0.4 is 0 Å². The zero-order valence-corrected chi connectivity index (χ0v) is 14.3. The molecule has 0 amide bonds. The summed E-state index contributed by atoms with van der Waals surface area (Å²) >= 11 is 0. The van der Waals surface area contributed by atoms with Crippen molar-refractivity contribution in [1.29, 1.82) is 0 Å². The zero-order chi connectivity index (χ0) is 14.7. The van der Waals surface area contributed by atoms with E-state index < -0.39 is 0 Å². The summed E-state index contributed by atoms with van der Waals surface area (Å²) in [5.41, 5.74) is 0. The number of rotatable bonds is 4. The molecule has 0 aliphatic carbocycles. The standard InChI is InChI=1S/C17H35N3/c1-14(2)18-8-6-17(7-9-18)16(5)20-12-10-19(11-13-20)15(3)4/h14-17H,6-13H2,1-5H3. The van der Waals surface area contributed by atoms with Crippen molar-refractivity contribution in [3.63, 3.8) is 0 Å². The Balaban J connectivity index is 1.77. The van der Waals surface area contributed by atoms with Gasteiger partial charge in [-0.1, -0.05) is 0 Å². The Kier molecular flexibility index (Phi) is 5.88. The molecule has 0 bridgehead atoms. The molecule has 0 spiro atoms. The minimum atomic E-state index is 0.710. The summed E-state index contributed by atoms with van der Waals surface area (Å²) in [6, 6.07) is 2.21. The van der Waals surface area contributed by atoms with Crippen LogP contribution in [0.1, 0.15) is 47.5 Å². The van der Waals surface area contributed by atoms with Crippen LogP contribution in [0.3, 0.4) is 0 Å². The lowest BCUT2D eigenvalue weighted by atomic mass is 9.88. The molecule has 1 unspecified atom stereocenters. The fourth-order valence-corrected chi connectivity index (χ4v) is 3.88. The molecule has 2 aliphatic rings. The van der Waals surface area contributed by atoms with Gasteiger partial charge in [0.25, 0.3) is 0 Å². The molecule has 2 rings (SSSR count). The second kappa shape index (κ2) is 7.24. The Morgan fingerprint density at radius 3 is 1.45 bits per heavy atom. The van der Waals surface area contributed by atoms with Gasteiger partial charge in [0, 0.05) is 44.3 Å². The Bertz CT molecular complexity index is 246. The van der Waals surface area contributed by atoms with E-state index in [9.17, 15) is 0 Å². The quantitative estimate of drug-likeness (QED) is 0.784. The zero-order valence-electron chi connectivity index (χ0n) is 14.3. The van der Waals surface area contributed by atoms with Crippen LogP contribution in [0, 0.1) is 5.92 Å². The largest absolute Gasteiger partial charge is 0.301 e. The summed E-state index contributed by atoms with van der Waals surface area (Å²) < 4.78 is 0. The van der Waals surface area contributed by atoms with Crippen LogP contribution in [0.15, 0.2) is 0 Å². The third-order valence-electron chi connectivity index (χ3n) is 5.64. The molecule has 0 aromatic carbocycles. The van der Waals surface area contributed by atoms with Crippen molar-refractivity contribution in [1.82, 2.24) is 14.7 Å². The number of hydrogen-bond acceptors (Lipinski definition) is 3. The first kappa shape index (κ1) is 16.3. The van der Waals surface area contributed by atoms with Crippen molar-refractivity contribution in [2.24, 2.45) is 5.92 Å². The smallest absolute Gasteiger partial charge is 0.0113 e. The fourth-order valence-electron chi connectivity index (χ4n) is 3.88. The van der Waals surface area contributed by atoms with Gasteiger partial charge in [-0.3, -0.25) is 9.80 Å². The maximum Gasteiger partial charge on any atom is 0.0113 e. The number of piperazine rings is 1. The van der Waals surface area contributed by atoms with Crippen molar-refractivity contribution in [3.8, 4) is 0 Å². The monoisotopic (exact) mass is 281 g/mol. The molecular formula is C17H35N3. The highest BCUT2D eigenvalue weighted by Crippen LogP contribution is 2.25. The number of nitrogens with zero attached hydrogens (tertiary/aromatic N) is 3. The van der Waals surface area contributed by atoms with Crippen LogP contribution >= 0.6 is 0 Å². The lowest BCUT2D eigenvalue weighted by Crippen LogP contribution is -2.54. The third kappa shape index (κ3) is 3.96. The van der Waals surface area contributed by atoms with Crippen LogP contribution in [0.25, 0.3) is 0 Å². The van der Waals surface area contributed by atoms with Crippen LogP contribution in [0.2, 0.25) is 0 Å². The minimum Gasteiger partial charge on any atom is -0.301 e. The normalized spacial score (nSPS) is 26.6. The second-order valence-corrected chi connectivity index (χ2v) is 7.37. The van der Waals surface area contributed by atoms with Crippen LogP contribution in [-0.4, -0.2) is 72.1 Å². The highest BCUT2D eigenvalue weighted by atomic mass is 15.3. The Labute approximate surface area is 126 Å². The summed E-state index contributed by atoms with van der Waals surface area (Å²) in [6.45, 7) is 19.4. The average Bonchev–Trinajstić information content (AvgIpc) is 2.46. The number of piperidine rings is 1. The number of likely N-dealkylation sites (tertiary alicyclic amines) is 1. The lowest BCUT2D eigenvalue weighted by Gasteiger charge is -2.44. The second-order valence-electron chi connectivity index (χ2n) is 7.37. The first-order chi connectivity index (χ1) is 9.49. The van der Waals surface area contributed by atoms with Crippen LogP contribution in [0.5, 0.6) is 0 Å². The van der Waals surface area contributed by atoms with Gasteiger partial charge in [-0.2, -0.15) is 0 Å². The highest BCUT2D eigenvalue weighted by molar-refractivity contribution is 4.85. The summed E-state index contributed by atoms with van der Waals surface area (Å²) in [5.74, 6) is 0.913. The molecule has 2 saturated heterocycles. The molecule has 0 aromatic heterocycles. The van der Waals surface area contributed by atoms with Gasteiger partial charge in [-0.25, -0.2) is 0 Å². The average molecular weight is 281 g/mol. The molecule has 0 N–H and O–H groups in total. The predicted molar refractivity (Wildman–Crippen MR) is 87.2 cm³/mol. The van der Waals surface area contributed by atoms with E-state index in [2.05, 4.69) is 49.3 Å². The summed E-state index contributed by atoms with van der Waals surface area (Å²) in [5, 5.41) is 0. The molecule has 0 saturated carbocycles. The van der Waals surface area contributed by atoms with Crippen molar-refractivity contribution in [3.05, 3.63) is 0 Å². The van der Waals surface area contributed by atoms with Crippen molar-refractivity contribution in [2.75, 3.05) is 39.3 Å². The molecule has 20 heavy (non-hydrogen) atoms. The molecule has 0 radical (unpaired) electrons. The molecule has 2 fully saturated rings. The molecule has 118 valence electrons. The van der Waals surface area contributed by atoms with Gasteiger partial charge in [0.05, 0.1) is 0 Å². The van der Waals surface area contributed by atoms with Crippen LogP contribution in [0.4, 0.5) is 0 Å². The first-order valence-electron chi connectivity index (χ1n) is 8.71. The van der Waals surface area contributed by atoms with Gasteiger partial charge >= 0.3 is 0 Å². The van der Waals surface area contributed by atoms with Gasteiger partial charge in [-0.05, 0) is 66.5 Å². The molecular weight excluding hydrogens is 246 g/mol. The van der Waals surface area contributed by atoms with Gasteiger partial charge in [0.2, 0.25) is 0 Å². The van der Waals surface area contributed by atoms with E-state index >= 15 is 0 Å². The molecule has 3 nitrogen and oxygen atoms in total. The predicted octanol–water partition coefficient (Wildman–Crippen LogP) is 2.52. The Hall–Kier alpha value is -0.120. The van der Waals surface area contributed by atoms with E-state index in [-0.39, 0.29) is 0 Å². The summed E-state index contributed by atoms with van der Waals surface area (Å²) in [4.78, 5) is 8.00. The maximum absolute atomic E-state index is 2.74. The molecule has 1 atom stereocenters. The van der Waals surface area contributed by atoms with E-state index in [4.69, 9.17) is 0 Å². The lowest BCUT2D eigenvalue weighted by molar-refractivity contribution is 0.0396. The van der Waals surface area contributed by atoms with Crippen molar-refractivity contribution < 1.29 is 0 Å². The SMILES string of the molecule is CC(C)N1CCC(C(C)N2CCN(C(C)C)CC2)CC1. The minimum absolute atomic E-state index is 0.710. The van der Waals surface area contributed by atoms with Gasteiger partial charge in [0.15, 0.2) is 0 Å². The third-order valence-corrected chi connectivity index (χ3v) is 5.64. The summed E-state index contributed by atoms with van der Waals surface area (Å²) in [7, 11) is 0. The number of hydrogen-bond donors (Lipinski definition) is 0. The molecule has 3 heteroatoms.